The Morgan fingerprint density at radius 2 is 1.90 bits per heavy atom. The highest BCUT2D eigenvalue weighted by atomic mass is 19.4. The monoisotopic (exact) mass is 428 g/mol. The second-order valence-corrected chi connectivity index (χ2v) is 6.44. The molecule has 2 aromatic rings. The van der Waals surface area contributed by atoms with Gasteiger partial charge in [0.1, 0.15) is 5.82 Å². The van der Waals surface area contributed by atoms with Crippen LogP contribution in [0.2, 0.25) is 0 Å². The summed E-state index contributed by atoms with van der Waals surface area (Å²) in [7, 11) is 0. The number of anilines is 1. The van der Waals surface area contributed by atoms with Crippen LogP contribution in [0.15, 0.2) is 24.5 Å². The van der Waals surface area contributed by atoms with Crippen molar-refractivity contribution in [2.45, 2.75) is 44.8 Å². The molecule has 3 heterocycles. The van der Waals surface area contributed by atoms with E-state index in [1.807, 2.05) is 6.07 Å². The molecule has 1 atom stereocenters. The molecule has 2 aromatic heterocycles. The van der Waals surface area contributed by atoms with E-state index in [2.05, 4.69) is 15.3 Å². The smallest absolute Gasteiger partial charge is 0.476 e. The molecule has 0 saturated carbocycles. The van der Waals surface area contributed by atoms with Crippen molar-refractivity contribution in [1.29, 1.82) is 0 Å². The van der Waals surface area contributed by atoms with Crippen LogP contribution in [-0.2, 0) is 22.6 Å². The lowest BCUT2D eigenvalue weighted by molar-refractivity contribution is -0.192. The number of nitrogens with one attached hydrogen (secondary N) is 1. The molecule has 12 heteroatoms. The van der Waals surface area contributed by atoms with E-state index in [4.69, 9.17) is 9.90 Å². The molecule has 1 amide bonds. The van der Waals surface area contributed by atoms with Gasteiger partial charge in [0.2, 0.25) is 5.91 Å². The Morgan fingerprint density at radius 3 is 2.43 bits per heavy atom. The minimum Gasteiger partial charge on any atom is -0.476 e. The topological polar surface area (TPSA) is 134 Å². The molecule has 0 aromatic carbocycles. The number of nitrogens with zero attached hydrogens (tertiary/aromatic N) is 3. The summed E-state index contributed by atoms with van der Waals surface area (Å²) < 4.78 is 33.4. The van der Waals surface area contributed by atoms with Gasteiger partial charge in [-0.15, -0.1) is 0 Å². The number of rotatable bonds is 4. The first-order chi connectivity index (χ1) is 14.0. The number of pyridine rings is 1. The predicted octanol–water partition coefficient (Wildman–Crippen LogP) is 2.69. The van der Waals surface area contributed by atoms with Crippen LogP contribution in [0, 0.1) is 0 Å². The highest BCUT2D eigenvalue weighted by Crippen LogP contribution is 2.25. The van der Waals surface area contributed by atoms with Crippen molar-refractivity contribution < 1.29 is 37.8 Å². The normalized spacial score (nSPS) is 14.0. The van der Waals surface area contributed by atoms with E-state index in [0.717, 1.165) is 30.7 Å². The zero-order chi connectivity index (χ0) is 22.5. The van der Waals surface area contributed by atoms with Crippen LogP contribution >= 0.6 is 0 Å². The lowest BCUT2D eigenvalue weighted by Crippen LogP contribution is -2.21. The SMILES string of the molecule is CC(C(=O)Nc1nc2n(c1C(=O)O)CCCC2)c1cccnc1.O=C(O)C(F)(F)F. The van der Waals surface area contributed by atoms with Gasteiger partial charge in [0.05, 0.1) is 5.92 Å². The third kappa shape index (κ3) is 5.55. The van der Waals surface area contributed by atoms with Crippen molar-refractivity contribution >= 4 is 23.7 Å². The zero-order valence-electron chi connectivity index (χ0n) is 15.8. The van der Waals surface area contributed by atoms with Gasteiger partial charge in [0.25, 0.3) is 0 Å². The van der Waals surface area contributed by atoms with Crippen molar-refractivity contribution in [1.82, 2.24) is 14.5 Å². The van der Waals surface area contributed by atoms with Crippen LogP contribution in [0.5, 0.6) is 0 Å². The van der Waals surface area contributed by atoms with Gasteiger partial charge in [0.15, 0.2) is 11.5 Å². The summed E-state index contributed by atoms with van der Waals surface area (Å²) in [4.78, 5) is 41.2. The summed E-state index contributed by atoms with van der Waals surface area (Å²) in [6, 6.07) is 3.57. The summed E-state index contributed by atoms with van der Waals surface area (Å²) in [6.07, 6.45) is 0.813. The van der Waals surface area contributed by atoms with Gasteiger partial charge in [-0.25, -0.2) is 14.6 Å². The number of fused-ring (bicyclic) bond motifs is 1. The van der Waals surface area contributed by atoms with Crippen LogP contribution in [0.3, 0.4) is 0 Å². The van der Waals surface area contributed by atoms with Gasteiger partial charge in [0, 0.05) is 25.4 Å². The number of imidazole rings is 1. The number of carbonyl (C=O) groups excluding carboxylic acids is 1. The molecule has 3 rings (SSSR count). The summed E-state index contributed by atoms with van der Waals surface area (Å²) in [5, 5.41) is 19.2. The zero-order valence-corrected chi connectivity index (χ0v) is 15.8. The summed E-state index contributed by atoms with van der Waals surface area (Å²) in [5.74, 6) is -3.71. The van der Waals surface area contributed by atoms with Crippen molar-refractivity contribution in [3.05, 3.63) is 41.6 Å². The number of carboxylic acid groups (broad SMARTS) is 2. The van der Waals surface area contributed by atoms with Crippen LogP contribution in [0.1, 0.15) is 47.6 Å². The fourth-order valence-corrected chi connectivity index (χ4v) is 2.80. The van der Waals surface area contributed by atoms with E-state index in [-0.39, 0.29) is 17.4 Å². The van der Waals surface area contributed by atoms with Crippen LogP contribution in [0.25, 0.3) is 0 Å². The number of aliphatic carboxylic acids is 1. The van der Waals surface area contributed by atoms with E-state index in [1.54, 1.807) is 30.0 Å². The molecule has 162 valence electrons. The average Bonchev–Trinajstić information content (AvgIpc) is 3.05. The first-order valence-electron chi connectivity index (χ1n) is 8.86. The molecule has 9 nitrogen and oxygen atoms in total. The van der Waals surface area contributed by atoms with Crippen molar-refractivity contribution in [2.24, 2.45) is 0 Å². The Balaban J connectivity index is 0.000000396. The molecule has 0 aliphatic carbocycles. The number of hydrogen-bond acceptors (Lipinski definition) is 5. The molecular weight excluding hydrogens is 409 g/mol. The summed E-state index contributed by atoms with van der Waals surface area (Å²) in [6.45, 7) is 2.38. The molecule has 0 spiro atoms. The number of halogens is 3. The number of carboxylic acids is 2. The maximum atomic E-state index is 12.4. The standard InChI is InChI=1S/C16H18N4O3.C2HF3O2/c1-10(11-5-4-7-17-9-11)15(21)19-14-13(16(22)23)20-8-3-2-6-12(20)18-14;3-2(4,5)1(6)7/h4-5,7,9-10H,2-3,6,8H2,1H3,(H,19,21)(H,22,23);(H,6,7). The molecule has 0 saturated heterocycles. The molecular formula is C18H19F3N4O5. The molecule has 1 aliphatic heterocycles. The van der Waals surface area contributed by atoms with Gasteiger partial charge in [-0.3, -0.25) is 9.78 Å². The average molecular weight is 428 g/mol. The number of aromatic nitrogens is 3. The number of carbonyl (C=O) groups is 3. The number of aromatic carboxylic acids is 1. The number of amides is 1. The van der Waals surface area contributed by atoms with Crippen LogP contribution in [0.4, 0.5) is 19.0 Å². The lowest BCUT2D eigenvalue weighted by Gasteiger charge is -2.14. The van der Waals surface area contributed by atoms with Crippen LogP contribution in [-0.4, -0.2) is 48.8 Å². The van der Waals surface area contributed by atoms with E-state index < -0.39 is 24.0 Å². The fraction of sp³-hybridized carbons (Fsp3) is 0.389. The highest BCUT2D eigenvalue weighted by molar-refractivity contribution is 6.00. The molecule has 30 heavy (non-hydrogen) atoms. The molecule has 3 N–H and O–H groups in total. The van der Waals surface area contributed by atoms with Gasteiger partial charge in [-0.2, -0.15) is 13.2 Å². The van der Waals surface area contributed by atoms with E-state index >= 15 is 0 Å². The molecule has 1 aliphatic rings. The minimum atomic E-state index is -5.08. The van der Waals surface area contributed by atoms with Crippen molar-refractivity contribution in [3.8, 4) is 0 Å². The molecule has 1 unspecified atom stereocenters. The highest BCUT2D eigenvalue weighted by Gasteiger charge is 2.38. The maximum Gasteiger partial charge on any atom is 0.490 e. The van der Waals surface area contributed by atoms with Gasteiger partial charge < -0.3 is 20.1 Å². The minimum absolute atomic E-state index is 0.0615. The van der Waals surface area contributed by atoms with Gasteiger partial charge >= 0.3 is 18.1 Å². The lowest BCUT2D eigenvalue weighted by atomic mass is 10.0. The quantitative estimate of drug-likeness (QED) is 0.681. The fourth-order valence-electron chi connectivity index (χ4n) is 2.80. The summed E-state index contributed by atoms with van der Waals surface area (Å²) in [5.41, 5.74) is 0.831. The largest absolute Gasteiger partial charge is 0.490 e. The first kappa shape index (κ1) is 22.8. The summed E-state index contributed by atoms with van der Waals surface area (Å²) >= 11 is 0. The van der Waals surface area contributed by atoms with Gasteiger partial charge in [-0.05, 0) is 31.4 Å². The molecule has 0 bridgehead atoms. The Hall–Kier alpha value is -3.44. The second-order valence-electron chi connectivity index (χ2n) is 6.44. The first-order valence-corrected chi connectivity index (χ1v) is 8.86. The third-order valence-electron chi connectivity index (χ3n) is 4.34. The van der Waals surface area contributed by atoms with Crippen molar-refractivity contribution in [3.63, 3.8) is 0 Å². The second kappa shape index (κ2) is 9.37. The predicted molar refractivity (Wildman–Crippen MR) is 97.1 cm³/mol. The Labute approximate surface area is 168 Å². The maximum absolute atomic E-state index is 12.4. The van der Waals surface area contributed by atoms with E-state index in [1.165, 1.54) is 0 Å². The Morgan fingerprint density at radius 1 is 1.23 bits per heavy atom. The van der Waals surface area contributed by atoms with E-state index in [9.17, 15) is 27.9 Å². The Kier molecular flexibility index (Phi) is 7.14. The van der Waals surface area contributed by atoms with Gasteiger partial charge in [-0.1, -0.05) is 6.07 Å². The van der Waals surface area contributed by atoms with Crippen LogP contribution < -0.4 is 5.32 Å². The van der Waals surface area contributed by atoms with E-state index in [0.29, 0.717) is 6.54 Å². The molecule has 0 radical (unpaired) electrons. The number of aryl methyl sites for hydroxylation is 1. The Bertz CT molecular complexity index is 928. The number of hydrogen-bond donors (Lipinski definition) is 3. The molecule has 0 fully saturated rings. The third-order valence-corrected chi connectivity index (χ3v) is 4.34. The van der Waals surface area contributed by atoms with Crippen molar-refractivity contribution in [2.75, 3.05) is 5.32 Å². The number of alkyl halides is 3.